The van der Waals surface area contributed by atoms with Crippen LogP contribution in [0.1, 0.15) is 32.0 Å². The van der Waals surface area contributed by atoms with Crippen LogP contribution >= 0.6 is 0 Å². The zero-order valence-corrected chi connectivity index (χ0v) is 7.91. The maximum Gasteiger partial charge on any atom is 0.0750 e. The van der Waals surface area contributed by atoms with Gasteiger partial charge in [0.15, 0.2) is 0 Å². The molecule has 0 saturated carbocycles. The van der Waals surface area contributed by atoms with Crippen molar-refractivity contribution in [1.29, 1.82) is 0 Å². The fraction of sp³-hybridized carbons (Fsp3) is 0.750. The van der Waals surface area contributed by atoms with E-state index in [1.54, 1.807) is 10.9 Å². The third-order valence-electron chi connectivity index (χ3n) is 1.89. The van der Waals surface area contributed by atoms with Gasteiger partial charge in [0.05, 0.1) is 11.9 Å². The molecule has 0 aliphatic carbocycles. The van der Waals surface area contributed by atoms with Gasteiger partial charge in [-0.15, -0.1) is 5.10 Å². The molecule has 0 aliphatic heterocycles. The van der Waals surface area contributed by atoms with Crippen molar-refractivity contribution in [3.8, 4) is 0 Å². The third kappa shape index (κ3) is 2.04. The quantitative estimate of drug-likeness (QED) is 0.725. The van der Waals surface area contributed by atoms with Crippen LogP contribution in [0.25, 0.3) is 0 Å². The Labute approximate surface area is 73.0 Å². The minimum atomic E-state index is 0.338. The molecule has 1 unspecified atom stereocenters. The topological polar surface area (TPSA) is 42.7 Å². The van der Waals surface area contributed by atoms with Crippen molar-refractivity contribution in [2.45, 2.75) is 26.3 Å². The second kappa shape index (κ2) is 4.21. The molecule has 0 radical (unpaired) electrons. The van der Waals surface area contributed by atoms with E-state index in [0.717, 1.165) is 18.7 Å². The van der Waals surface area contributed by atoms with E-state index in [1.807, 2.05) is 7.05 Å². The lowest BCUT2D eigenvalue weighted by atomic mass is 10.2. The molecule has 0 amide bonds. The normalized spacial score (nSPS) is 13.2. The minimum absolute atomic E-state index is 0.338. The fourth-order valence-corrected chi connectivity index (χ4v) is 1.16. The minimum Gasteiger partial charge on any atom is -0.309 e. The van der Waals surface area contributed by atoms with Gasteiger partial charge in [-0.3, -0.25) is 4.68 Å². The summed E-state index contributed by atoms with van der Waals surface area (Å²) in [6.45, 7) is 5.31. The molecule has 0 aromatic carbocycles. The molecule has 4 heteroatoms. The lowest BCUT2D eigenvalue weighted by molar-refractivity contribution is 0.527. The lowest BCUT2D eigenvalue weighted by Crippen LogP contribution is -2.21. The summed E-state index contributed by atoms with van der Waals surface area (Å²) in [5.41, 5.74) is 1.13. The van der Waals surface area contributed by atoms with Crippen LogP contribution in [-0.4, -0.2) is 21.5 Å². The predicted octanol–water partition coefficient (Wildman–Crippen LogP) is 0.876. The van der Waals surface area contributed by atoms with E-state index in [0.29, 0.717) is 6.04 Å². The van der Waals surface area contributed by atoms with E-state index < -0.39 is 0 Å². The first kappa shape index (κ1) is 9.19. The Morgan fingerprint density at radius 2 is 2.42 bits per heavy atom. The molecule has 1 atom stereocenters. The summed E-state index contributed by atoms with van der Waals surface area (Å²) in [7, 11) is 1.91. The van der Waals surface area contributed by atoms with Gasteiger partial charge >= 0.3 is 0 Å². The van der Waals surface area contributed by atoms with Crippen LogP contribution in [-0.2, 0) is 7.05 Å². The number of nitrogens with one attached hydrogen (secondary N) is 1. The number of hydrogen-bond acceptors (Lipinski definition) is 3. The van der Waals surface area contributed by atoms with Crippen LogP contribution in [0.4, 0.5) is 0 Å². The van der Waals surface area contributed by atoms with Gasteiger partial charge in [0, 0.05) is 13.1 Å². The Hall–Kier alpha value is -0.900. The van der Waals surface area contributed by atoms with E-state index in [1.165, 1.54) is 0 Å². The Balaban J connectivity index is 2.52. The van der Waals surface area contributed by atoms with Crippen molar-refractivity contribution in [3.63, 3.8) is 0 Å². The summed E-state index contributed by atoms with van der Waals surface area (Å²) >= 11 is 0. The Morgan fingerprint density at radius 1 is 1.67 bits per heavy atom. The standard InChI is InChI=1S/C8H16N4/c1-4-5-9-7(2)8-6-10-11-12(8)3/h6-7,9H,4-5H2,1-3H3. The summed E-state index contributed by atoms with van der Waals surface area (Å²) < 4.78 is 1.80. The molecule has 0 saturated heterocycles. The first-order chi connectivity index (χ1) is 5.75. The van der Waals surface area contributed by atoms with Crippen LogP contribution < -0.4 is 5.32 Å². The van der Waals surface area contributed by atoms with E-state index in [9.17, 15) is 0 Å². The second-order valence-corrected chi connectivity index (χ2v) is 2.96. The molecular formula is C8H16N4. The zero-order chi connectivity index (χ0) is 8.97. The van der Waals surface area contributed by atoms with E-state index >= 15 is 0 Å². The van der Waals surface area contributed by atoms with Crippen LogP contribution in [0.5, 0.6) is 0 Å². The first-order valence-electron chi connectivity index (χ1n) is 4.33. The fourth-order valence-electron chi connectivity index (χ4n) is 1.16. The highest BCUT2D eigenvalue weighted by atomic mass is 15.4. The monoisotopic (exact) mass is 168 g/mol. The summed E-state index contributed by atoms with van der Waals surface area (Å²) in [6, 6.07) is 0.338. The number of aryl methyl sites for hydroxylation is 1. The van der Waals surface area contributed by atoms with Gasteiger partial charge in [-0.25, -0.2) is 0 Å². The maximum atomic E-state index is 3.87. The van der Waals surface area contributed by atoms with E-state index in [4.69, 9.17) is 0 Å². The summed E-state index contributed by atoms with van der Waals surface area (Å²) in [5.74, 6) is 0. The molecule has 0 aliphatic rings. The first-order valence-corrected chi connectivity index (χ1v) is 4.33. The van der Waals surface area contributed by atoms with Crippen LogP contribution in [0.2, 0.25) is 0 Å². The molecular weight excluding hydrogens is 152 g/mol. The molecule has 0 bridgehead atoms. The van der Waals surface area contributed by atoms with Crippen molar-refractivity contribution in [2.24, 2.45) is 7.05 Å². The average molecular weight is 168 g/mol. The van der Waals surface area contributed by atoms with Gasteiger partial charge in [0.2, 0.25) is 0 Å². The molecule has 1 aromatic rings. The molecule has 4 nitrogen and oxygen atoms in total. The van der Waals surface area contributed by atoms with Gasteiger partial charge in [0.25, 0.3) is 0 Å². The summed E-state index contributed by atoms with van der Waals surface area (Å²) in [5, 5.41) is 11.1. The van der Waals surface area contributed by atoms with Gasteiger partial charge in [-0.05, 0) is 19.9 Å². The van der Waals surface area contributed by atoms with Crippen molar-refractivity contribution >= 4 is 0 Å². The van der Waals surface area contributed by atoms with Crippen LogP contribution in [0.15, 0.2) is 6.20 Å². The highest BCUT2D eigenvalue weighted by Gasteiger charge is 2.07. The predicted molar refractivity (Wildman–Crippen MR) is 47.7 cm³/mol. The number of aromatic nitrogens is 3. The summed E-state index contributed by atoms with van der Waals surface area (Å²) in [6.07, 6.45) is 2.95. The van der Waals surface area contributed by atoms with Crippen LogP contribution in [0, 0.1) is 0 Å². The number of hydrogen-bond donors (Lipinski definition) is 1. The van der Waals surface area contributed by atoms with Crippen molar-refractivity contribution in [1.82, 2.24) is 20.3 Å². The third-order valence-corrected chi connectivity index (χ3v) is 1.89. The van der Waals surface area contributed by atoms with Gasteiger partial charge in [0.1, 0.15) is 0 Å². The second-order valence-electron chi connectivity index (χ2n) is 2.96. The smallest absolute Gasteiger partial charge is 0.0750 e. The molecule has 1 N–H and O–H groups in total. The molecule has 12 heavy (non-hydrogen) atoms. The molecule has 1 heterocycles. The highest BCUT2D eigenvalue weighted by Crippen LogP contribution is 2.07. The lowest BCUT2D eigenvalue weighted by Gasteiger charge is -2.11. The van der Waals surface area contributed by atoms with E-state index in [2.05, 4.69) is 29.5 Å². The van der Waals surface area contributed by atoms with Gasteiger partial charge < -0.3 is 5.32 Å². The number of rotatable bonds is 4. The van der Waals surface area contributed by atoms with Crippen molar-refractivity contribution < 1.29 is 0 Å². The highest BCUT2D eigenvalue weighted by molar-refractivity contribution is 4.99. The Morgan fingerprint density at radius 3 is 2.92 bits per heavy atom. The molecule has 68 valence electrons. The Bertz CT molecular complexity index is 231. The van der Waals surface area contributed by atoms with E-state index in [-0.39, 0.29) is 0 Å². The van der Waals surface area contributed by atoms with Gasteiger partial charge in [-0.2, -0.15) is 0 Å². The zero-order valence-electron chi connectivity index (χ0n) is 7.91. The molecule has 0 fully saturated rings. The van der Waals surface area contributed by atoms with Crippen LogP contribution in [0.3, 0.4) is 0 Å². The van der Waals surface area contributed by atoms with Crippen molar-refractivity contribution in [3.05, 3.63) is 11.9 Å². The number of nitrogens with zero attached hydrogens (tertiary/aromatic N) is 3. The molecule has 1 rings (SSSR count). The molecule has 1 aromatic heterocycles. The Kier molecular flexibility index (Phi) is 3.22. The summed E-state index contributed by atoms with van der Waals surface area (Å²) in [4.78, 5) is 0. The van der Waals surface area contributed by atoms with Gasteiger partial charge in [-0.1, -0.05) is 12.1 Å². The SMILES string of the molecule is CCCNC(C)c1cnnn1C. The largest absolute Gasteiger partial charge is 0.309 e. The molecule has 0 spiro atoms. The van der Waals surface area contributed by atoms with Crippen molar-refractivity contribution in [2.75, 3.05) is 6.54 Å². The average Bonchev–Trinajstić information content (AvgIpc) is 2.47. The maximum absolute atomic E-state index is 3.87.